The molecule has 0 spiro atoms. The van der Waals surface area contributed by atoms with Gasteiger partial charge in [0, 0.05) is 0 Å². The van der Waals surface area contributed by atoms with E-state index in [0.717, 1.165) is 32.1 Å². The average molecular weight is 559 g/mol. The van der Waals surface area contributed by atoms with Crippen molar-refractivity contribution in [2.24, 2.45) is 28.6 Å². The highest BCUT2D eigenvalue weighted by Gasteiger charge is 2.31. The zero-order valence-electron chi connectivity index (χ0n) is 28.3. The predicted octanol–water partition coefficient (Wildman–Crippen LogP) is 11.8. The average Bonchev–Trinajstić information content (AvgIpc) is 2.84. The second-order valence-corrected chi connectivity index (χ2v) is 14.5. The predicted molar refractivity (Wildman–Crippen MR) is 183 cm³/mol. The van der Waals surface area contributed by atoms with E-state index in [2.05, 4.69) is 136 Å². The molecule has 228 valence electrons. The van der Waals surface area contributed by atoms with Gasteiger partial charge in [-0.25, -0.2) is 0 Å². The second kappa shape index (κ2) is 16.5. The molecule has 1 nitrogen and oxygen atoms in total. The molecule has 0 bridgehead atoms. The summed E-state index contributed by atoms with van der Waals surface area (Å²) in [6, 6.07) is 0. The fraction of sp³-hybridized carbons (Fsp3) is 0.600. The summed E-state index contributed by atoms with van der Waals surface area (Å²) in [6.07, 6.45) is 33.9. The lowest BCUT2D eigenvalue weighted by Crippen LogP contribution is -2.28. The van der Waals surface area contributed by atoms with Crippen LogP contribution in [0.5, 0.6) is 0 Å². The van der Waals surface area contributed by atoms with E-state index in [1.165, 1.54) is 36.0 Å². The monoisotopic (exact) mass is 558 g/mol. The zero-order valence-corrected chi connectivity index (χ0v) is 28.3. The van der Waals surface area contributed by atoms with E-state index in [9.17, 15) is 5.11 Å². The number of aliphatic hydroxyl groups excluding tert-OH is 1. The number of aliphatic hydroxyl groups is 1. The van der Waals surface area contributed by atoms with Crippen molar-refractivity contribution in [2.75, 3.05) is 0 Å². The highest BCUT2D eigenvalue weighted by molar-refractivity contribution is 5.34. The van der Waals surface area contributed by atoms with Crippen molar-refractivity contribution in [3.63, 3.8) is 0 Å². The van der Waals surface area contributed by atoms with Crippen LogP contribution in [0, 0.1) is 28.6 Å². The first-order valence-electron chi connectivity index (χ1n) is 16.3. The third-order valence-corrected chi connectivity index (χ3v) is 9.18. The van der Waals surface area contributed by atoms with Crippen molar-refractivity contribution in [3.05, 3.63) is 94.7 Å². The van der Waals surface area contributed by atoms with Crippen LogP contribution in [-0.4, -0.2) is 11.2 Å². The zero-order chi connectivity index (χ0) is 30.6. The lowest BCUT2D eigenvalue weighted by Gasteiger charge is -2.35. The molecule has 2 aliphatic rings. The summed E-state index contributed by atoms with van der Waals surface area (Å²) in [4.78, 5) is 0. The second-order valence-electron chi connectivity index (χ2n) is 14.5. The summed E-state index contributed by atoms with van der Waals surface area (Å²) in [5.74, 6) is 1.36. The topological polar surface area (TPSA) is 20.2 Å². The number of rotatable bonds is 13. The van der Waals surface area contributed by atoms with Gasteiger partial charge in [-0.1, -0.05) is 138 Å². The molecule has 4 atom stereocenters. The van der Waals surface area contributed by atoms with Gasteiger partial charge in [0.15, 0.2) is 0 Å². The number of allylic oxidation sites excluding steroid dienone is 15. The maximum Gasteiger partial charge on any atom is 0.0585 e. The molecule has 3 unspecified atom stereocenters. The standard InChI is InChI=1S/C40H62O/c1-30(18-13-20-32(3)23-25-37-34(5)22-15-27-39(37,7)8)16-11-12-17-31(2)19-14-21-33(4)24-26-38-35(6)28-36(41)29-40(38,9)10/h11-14,16-18,21,23-24,26,30-31,33,36,41H,15,19-20,22,25,27-29H2,1-10H3/b16-11+,17-12+,18-13+,21-14+,26-24+,32-23+/t30?,31?,33?,36-/m1/s1. The SMILES string of the molecule is CC1=C(/C=C/C(C)/C=C/CC(C)/C=C/C=C/C(C)/C=C/C/C(C)=C/CC2=C(C)CCCC2(C)C)C(C)(C)C[C@H](O)C1. The maximum absolute atomic E-state index is 10.1. The van der Waals surface area contributed by atoms with Crippen LogP contribution >= 0.6 is 0 Å². The van der Waals surface area contributed by atoms with E-state index in [1.54, 1.807) is 11.1 Å². The lowest BCUT2D eigenvalue weighted by atomic mass is 9.71. The van der Waals surface area contributed by atoms with Crippen molar-refractivity contribution in [1.29, 1.82) is 0 Å². The van der Waals surface area contributed by atoms with Crippen molar-refractivity contribution < 1.29 is 5.11 Å². The fourth-order valence-corrected chi connectivity index (χ4v) is 6.59. The summed E-state index contributed by atoms with van der Waals surface area (Å²) in [5.41, 5.74) is 7.88. The first-order chi connectivity index (χ1) is 19.2. The summed E-state index contributed by atoms with van der Waals surface area (Å²) in [7, 11) is 0. The Balaban J connectivity index is 1.74. The van der Waals surface area contributed by atoms with Gasteiger partial charge in [0.25, 0.3) is 0 Å². The molecule has 1 heteroatoms. The van der Waals surface area contributed by atoms with E-state index < -0.39 is 0 Å². The van der Waals surface area contributed by atoms with Crippen LogP contribution < -0.4 is 0 Å². The molecule has 0 saturated carbocycles. The van der Waals surface area contributed by atoms with Gasteiger partial charge >= 0.3 is 0 Å². The molecule has 0 heterocycles. The Kier molecular flexibility index (Phi) is 14.1. The highest BCUT2D eigenvalue weighted by atomic mass is 16.3. The normalized spacial score (nSPS) is 24.6. The van der Waals surface area contributed by atoms with Crippen LogP contribution in [-0.2, 0) is 0 Å². The largest absolute Gasteiger partial charge is 0.393 e. The summed E-state index contributed by atoms with van der Waals surface area (Å²) in [5, 5.41) is 10.1. The molecule has 0 aromatic carbocycles. The Morgan fingerprint density at radius 2 is 1.54 bits per heavy atom. The third kappa shape index (κ3) is 12.3. The Bertz CT molecular complexity index is 1080. The van der Waals surface area contributed by atoms with Crippen LogP contribution in [0.3, 0.4) is 0 Å². The summed E-state index contributed by atoms with van der Waals surface area (Å²) < 4.78 is 0. The molecule has 0 aromatic heterocycles. The van der Waals surface area contributed by atoms with E-state index in [4.69, 9.17) is 0 Å². The molecule has 0 aliphatic heterocycles. The first kappa shape index (κ1) is 35.1. The van der Waals surface area contributed by atoms with E-state index >= 15 is 0 Å². The minimum absolute atomic E-state index is 0.0427. The van der Waals surface area contributed by atoms with Gasteiger partial charge in [0.1, 0.15) is 0 Å². The molecule has 1 N–H and O–H groups in total. The molecular weight excluding hydrogens is 496 g/mol. The molecule has 0 saturated heterocycles. The summed E-state index contributed by atoms with van der Waals surface area (Å²) >= 11 is 0. The fourth-order valence-electron chi connectivity index (χ4n) is 6.59. The third-order valence-electron chi connectivity index (χ3n) is 9.18. The van der Waals surface area contributed by atoms with Gasteiger partial charge in [0.2, 0.25) is 0 Å². The van der Waals surface area contributed by atoms with Gasteiger partial charge in [-0.05, 0) is 106 Å². The molecule has 41 heavy (non-hydrogen) atoms. The van der Waals surface area contributed by atoms with Gasteiger partial charge in [0.05, 0.1) is 6.10 Å². The van der Waals surface area contributed by atoms with Crippen molar-refractivity contribution in [1.82, 2.24) is 0 Å². The van der Waals surface area contributed by atoms with Crippen LogP contribution in [0.25, 0.3) is 0 Å². The minimum atomic E-state index is -0.202. The molecule has 0 amide bonds. The molecular formula is C40H62O. The highest BCUT2D eigenvalue weighted by Crippen LogP contribution is 2.42. The number of hydrogen-bond donors (Lipinski definition) is 1. The van der Waals surface area contributed by atoms with Gasteiger partial charge in [-0.3, -0.25) is 0 Å². The van der Waals surface area contributed by atoms with Crippen LogP contribution in [0.1, 0.15) is 121 Å². The quantitative estimate of drug-likeness (QED) is 0.176. The van der Waals surface area contributed by atoms with Crippen molar-refractivity contribution in [2.45, 2.75) is 127 Å². The van der Waals surface area contributed by atoms with Crippen LogP contribution in [0.4, 0.5) is 0 Å². The van der Waals surface area contributed by atoms with E-state index in [1.807, 2.05) is 0 Å². The van der Waals surface area contributed by atoms with Gasteiger partial charge < -0.3 is 5.11 Å². The Hall–Kier alpha value is -2.12. The van der Waals surface area contributed by atoms with E-state index in [-0.39, 0.29) is 11.5 Å². The van der Waals surface area contributed by atoms with Gasteiger partial charge in [-0.15, -0.1) is 0 Å². The first-order valence-corrected chi connectivity index (χ1v) is 16.3. The maximum atomic E-state index is 10.1. The smallest absolute Gasteiger partial charge is 0.0585 e. The summed E-state index contributed by atoms with van der Waals surface area (Å²) in [6.45, 7) is 22.9. The molecule has 0 radical (unpaired) electrons. The Morgan fingerprint density at radius 1 is 0.878 bits per heavy atom. The molecule has 2 aliphatic carbocycles. The van der Waals surface area contributed by atoms with Crippen molar-refractivity contribution >= 4 is 0 Å². The molecule has 0 fully saturated rings. The van der Waals surface area contributed by atoms with Crippen molar-refractivity contribution in [3.8, 4) is 0 Å². The van der Waals surface area contributed by atoms with Crippen LogP contribution in [0.2, 0.25) is 0 Å². The molecule has 2 rings (SSSR count). The van der Waals surface area contributed by atoms with Gasteiger partial charge in [-0.2, -0.15) is 0 Å². The Labute approximate surface area is 254 Å². The Morgan fingerprint density at radius 3 is 2.22 bits per heavy atom. The van der Waals surface area contributed by atoms with E-state index in [0.29, 0.717) is 23.2 Å². The van der Waals surface area contributed by atoms with Crippen LogP contribution in [0.15, 0.2) is 94.7 Å². The molecule has 0 aromatic rings. The minimum Gasteiger partial charge on any atom is -0.393 e. The number of hydrogen-bond acceptors (Lipinski definition) is 1. The lowest BCUT2D eigenvalue weighted by molar-refractivity contribution is 0.116.